The molecule has 0 radical (unpaired) electrons. The van der Waals surface area contributed by atoms with Crippen LogP contribution in [0.3, 0.4) is 0 Å². The van der Waals surface area contributed by atoms with Crippen LogP contribution in [0, 0.1) is 23.3 Å². The van der Waals surface area contributed by atoms with Crippen molar-refractivity contribution in [3.05, 3.63) is 164 Å². The molecule has 0 saturated heterocycles. The van der Waals surface area contributed by atoms with Gasteiger partial charge in [-0.3, -0.25) is 0 Å². The molecule has 0 fully saturated rings. The number of carbonyl (C=O) groups excluding carboxylic acids is 2. The average molecular weight is 711 g/mol. The van der Waals surface area contributed by atoms with Gasteiger partial charge in [-0.15, -0.1) is 0 Å². The van der Waals surface area contributed by atoms with Crippen molar-refractivity contribution in [2.24, 2.45) is 0 Å². The summed E-state index contributed by atoms with van der Waals surface area (Å²) in [4.78, 5) is 26.5. The summed E-state index contributed by atoms with van der Waals surface area (Å²) in [6.45, 7) is 0. The monoisotopic (exact) mass is 710 g/mol. The van der Waals surface area contributed by atoms with Gasteiger partial charge in [0.1, 0.15) is 0 Å². The Morgan fingerprint density at radius 2 is 0.957 bits per heavy atom. The van der Waals surface area contributed by atoms with Crippen molar-refractivity contribution in [3.8, 4) is 0 Å². The molecule has 47 heavy (non-hydrogen) atoms. The van der Waals surface area contributed by atoms with Crippen molar-refractivity contribution < 1.29 is 43.7 Å². The van der Waals surface area contributed by atoms with Crippen molar-refractivity contribution in [1.29, 1.82) is 0 Å². The van der Waals surface area contributed by atoms with Gasteiger partial charge in [0.15, 0.2) is 0 Å². The van der Waals surface area contributed by atoms with Crippen LogP contribution in [0.1, 0.15) is 33.6 Å². The molecule has 2 amide bonds. The average Bonchev–Trinajstić information content (AvgIpc) is 3.83. The van der Waals surface area contributed by atoms with Crippen LogP contribution in [-0.4, -0.2) is 11.8 Å². The van der Waals surface area contributed by atoms with Crippen molar-refractivity contribution >= 4 is 54.5 Å². The van der Waals surface area contributed by atoms with Crippen LogP contribution < -0.4 is 16.6 Å². The third-order valence-electron chi connectivity index (χ3n) is 8.22. The first-order valence-corrected chi connectivity index (χ1v) is 18.3. The number of anilines is 2. The predicted octanol–water partition coefficient (Wildman–Crippen LogP) is 8.64. The normalized spacial score (nSPS) is 13.8. The minimum absolute atomic E-state index is 0.140. The molecule has 4 aromatic carbocycles. The molecule has 4 nitrogen and oxygen atoms in total. The van der Waals surface area contributed by atoms with Gasteiger partial charge in [0, 0.05) is 0 Å². The van der Waals surface area contributed by atoms with E-state index in [-0.39, 0.29) is 24.0 Å². The molecule has 2 aliphatic carbocycles. The second-order valence-corrected chi connectivity index (χ2v) is 17.4. The van der Waals surface area contributed by atoms with Gasteiger partial charge in [0.05, 0.1) is 0 Å². The number of hydrogen-bond donors (Lipinski definition) is 0. The topological polar surface area (TPSA) is 40.6 Å². The molecule has 6 rings (SSSR count). The molecule has 0 saturated carbocycles. The standard InChI is InChI=1S/2C13H7ClF2NO.2C5H5.Ti/c2*14-17(12-7-6-10(15)8-11(12)16)13(18)9-4-2-1-3-5-9;2*1-2-4-5-3-1;/h2*1-7H;2*1-3H,4H2;. The number of benzene rings is 4. The van der Waals surface area contributed by atoms with Crippen LogP contribution in [0.4, 0.5) is 28.9 Å². The molecule has 0 heterocycles. The summed E-state index contributed by atoms with van der Waals surface area (Å²) < 4.78 is 67.8. The first-order chi connectivity index (χ1) is 22.7. The number of hydrogen-bond acceptors (Lipinski definition) is 2. The number of carbonyl (C=O) groups is 2. The third-order valence-corrected chi connectivity index (χ3v) is 16.8. The van der Waals surface area contributed by atoms with E-state index in [4.69, 9.17) is 23.6 Å². The zero-order valence-corrected chi connectivity index (χ0v) is 27.5. The van der Waals surface area contributed by atoms with Crippen LogP contribution >= 0.6 is 23.6 Å². The molecular weight excluding hydrogens is 687 g/mol. The van der Waals surface area contributed by atoms with Crippen molar-refractivity contribution in [2.45, 2.75) is 12.8 Å². The fourth-order valence-corrected chi connectivity index (χ4v) is 14.8. The molecule has 0 N–H and O–H groups in total. The Morgan fingerprint density at radius 3 is 1.30 bits per heavy atom. The third kappa shape index (κ3) is 5.70. The molecule has 11 heteroatoms. The van der Waals surface area contributed by atoms with Crippen LogP contribution in [0.25, 0.3) is 0 Å². The Balaban J connectivity index is 1.63. The van der Waals surface area contributed by atoms with Gasteiger partial charge >= 0.3 is 283 Å². The van der Waals surface area contributed by atoms with E-state index < -0.39 is 70.8 Å². The molecular formula is C36H24Cl2F4N2O2Ti. The van der Waals surface area contributed by atoms with Gasteiger partial charge in [0.25, 0.3) is 0 Å². The second-order valence-electron chi connectivity index (χ2n) is 10.8. The van der Waals surface area contributed by atoms with E-state index in [1.165, 1.54) is 24.3 Å². The second kappa shape index (κ2) is 13.5. The molecule has 0 aliphatic heterocycles. The van der Waals surface area contributed by atoms with Crippen LogP contribution in [0.2, 0.25) is 0 Å². The first-order valence-electron chi connectivity index (χ1n) is 14.5. The molecule has 0 unspecified atom stereocenters. The van der Waals surface area contributed by atoms with E-state index in [0.717, 1.165) is 24.3 Å². The quantitative estimate of drug-likeness (QED) is 0.104. The predicted molar refractivity (Wildman–Crippen MR) is 174 cm³/mol. The van der Waals surface area contributed by atoms with Crippen LogP contribution in [0.5, 0.6) is 0 Å². The van der Waals surface area contributed by atoms with Gasteiger partial charge < -0.3 is 0 Å². The Kier molecular flexibility index (Phi) is 9.40. The van der Waals surface area contributed by atoms with E-state index in [2.05, 4.69) is 0 Å². The van der Waals surface area contributed by atoms with E-state index >= 15 is 17.6 Å². The van der Waals surface area contributed by atoms with E-state index in [9.17, 15) is 9.59 Å². The fraction of sp³-hybridized carbons (Fsp3) is 0.0556. The van der Waals surface area contributed by atoms with Gasteiger partial charge in [0.2, 0.25) is 0 Å². The summed E-state index contributed by atoms with van der Waals surface area (Å²) in [5.74, 6) is -6.15. The van der Waals surface area contributed by atoms with Gasteiger partial charge in [-0.1, -0.05) is 0 Å². The fourth-order valence-electron chi connectivity index (χ4n) is 6.10. The van der Waals surface area contributed by atoms with E-state index in [1.807, 2.05) is 0 Å². The van der Waals surface area contributed by atoms with Gasteiger partial charge in [-0.25, -0.2) is 0 Å². The SMILES string of the molecule is O=C(c1ccccc1)N(Cl)c1ccc(F)[c]([Ti]([C]2=CC=CC2)([C]2=CC=CC2)[c]2c(F)ccc(N(Cl)C(=O)c3ccccc3)c2F)c1F. The Labute approximate surface area is 282 Å². The Hall–Kier alpha value is -4.21. The molecule has 236 valence electrons. The molecule has 2 aliphatic rings. The zero-order chi connectivity index (χ0) is 33.3. The minimum atomic E-state index is -5.34. The molecule has 0 atom stereocenters. The Morgan fingerprint density at radius 1 is 0.574 bits per heavy atom. The number of amides is 2. The summed E-state index contributed by atoms with van der Waals surface area (Å²) in [5, 5.41) is 0. The van der Waals surface area contributed by atoms with Crippen molar-refractivity contribution in [1.82, 2.24) is 0 Å². The maximum atomic E-state index is 17.1. The molecule has 0 aromatic heterocycles. The number of allylic oxidation sites excluding steroid dienone is 8. The summed E-state index contributed by atoms with van der Waals surface area (Å²) in [6.07, 6.45) is 10.4. The van der Waals surface area contributed by atoms with Crippen molar-refractivity contribution in [2.75, 3.05) is 8.84 Å². The molecule has 4 aromatic rings. The molecule has 0 bridgehead atoms. The van der Waals surface area contributed by atoms with E-state index in [1.54, 1.807) is 72.9 Å². The summed E-state index contributed by atoms with van der Waals surface area (Å²) >= 11 is 7.53. The van der Waals surface area contributed by atoms with Crippen LogP contribution in [-0.2, 0) is 16.6 Å². The van der Waals surface area contributed by atoms with Gasteiger partial charge in [-0.2, -0.15) is 0 Å². The number of halogens is 6. The maximum absolute atomic E-state index is 17.1. The van der Waals surface area contributed by atoms with E-state index in [0.29, 0.717) is 16.6 Å². The molecule has 0 spiro atoms. The summed E-state index contributed by atoms with van der Waals surface area (Å²) in [6, 6.07) is 19.6. The Bertz CT molecular complexity index is 1870. The summed E-state index contributed by atoms with van der Waals surface area (Å²) in [7, 11) is 0. The summed E-state index contributed by atoms with van der Waals surface area (Å²) in [5.41, 5.74) is -0.692. The number of rotatable bonds is 8. The first kappa shape index (κ1) is 32.7. The zero-order valence-electron chi connectivity index (χ0n) is 24.4. The van der Waals surface area contributed by atoms with Crippen LogP contribution in [0.15, 0.2) is 129 Å². The van der Waals surface area contributed by atoms with Crippen molar-refractivity contribution in [3.63, 3.8) is 0 Å². The number of nitrogens with zero attached hydrogens (tertiary/aromatic N) is 2. The van der Waals surface area contributed by atoms with Gasteiger partial charge in [-0.05, 0) is 0 Å².